The summed E-state index contributed by atoms with van der Waals surface area (Å²) in [6, 6.07) is 9.69. The molecule has 0 saturated carbocycles. The summed E-state index contributed by atoms with van der Waals surface area (Å²) in [6.07, 6.45) is 1.58. The Bertz CT molecular complexity index is 708. The molecule has 5 nitrogen and oxygen atoms in total. The van der Waals surface area contributed by atoms with Crippen molar-refractivity contribution >= 4 is 17.4 Å². The van der Waals surface area contributed by atoms with Gasteiger partial charge in [0.2, 0.25) is 0 Å². The molecular formula is C17H18FN3O2. The SMILES string of the molecule is CC1CN(C(=O)c2cccnc2Nc2ccccc2F)CCO1. The number of amides is 1. The highest BCUT2D eigenvalue weighted by Gasteiger charge is 2.24. The molecule has 1 unspecified atom stereocenters. The number of ether oxygens (including phenoxy) is 1. The van der Waals surface area contributed by atoms with Gasteiger partial charge in [-0.15, -0.1) is 0 Å². The summed E-state index contributed by atoms with van der Waals surface area (Å²) in [5.41, 5.74) is 0.709. The number of para-hydroxylation sites is 1. The number of rotatable bonds is 3. The maximum absolute atomic E-state index is 13.8. The molecule has 1 aromatic heterocycles. The lowest BCUT2D eigenvalue weighted by Gasteiger charge is -2.31. The van der Waals surface area contributed by atoms with E-state index in [4.69, 9.17) is 4.74 Å². The van der Waals surface area contributed by atoms with Gasteiger partial charge in [-0.2, -0.15) is 0 Å². The normalized spacial score (nSPS) is 17.8. The fourth-order valence-electron chi connectivity index (χ4n) is 2.54. The van der Waals surface area contributed by atoms with E-state index in [0.29, 0.717) is 31.1 Å². The molecule has 0 bridgehead atoms. The topological polar surface area (TPSA) is 54.5 Å². The maximum Gasteiger partial charge on any atom is 0.257 e. The third kappa shape index (κ3) is 3.48. The summed E-state index contributed by atoms with van der Waals surface area (Å²) in [4.78, 5) is 18.7. The van der Waals surface area contributed by atoms with Crippen molar-refractivity contribution < 1.29 is 13.9 Å². The molecule has 2 aromatic rings. The molecule has 1 aliphatic heterocycles. The van der Waals surface area contributed by atoms with Crippen molar-refractivity contribution in [2.75, 3.05) is 25.0 Å². The lowest BCUT2D eigenvalue weighted by atomic mass is 10.2. The zero-order valence-corrected chi connectivity index (χ0v) is 12.8. The van der Waals surface area contributed by atoms with Gasteiger partial charge in [-0.05, 0) is 31.2 Å². The first-order valence-electron chi connectivity index (χ1n) is 7.52. The summed E-state index contributed by atoms with van der Waals surface area (Å²) in [5.74, 6) is -0.176. The van der Waals surface area contributed by atoms with Gasteiger partial charge in [-0.25, -0.2) is 9.37 Å². The van der Waals surface area contributed by atoms with Crippen molar-refractivity contribution in [3.63, 3.8) is 0 Å². The number of aromatic nitrogens is 1. The number of morpholine rings is 1. The molecule has 1 aromatic carbocycles. The molecule has 1 aliphatic rings. The standard InChI is InChI=1S/C17H18FN3O2/c1-12-11-21(9-10-23-12)17(22)13-5-4-8-19-16(13)20-15-7-3-2-6-14(15)18/h2-8,12H,9-11H2,1H3,(H,19,20). The molecule has 6 heteroatoms. The van der Waals surface area contributed by atoms with Crippen LogP contribution in [0.4, 0.5) is 15.9 Å². The van der Waals surface area contributed by atoms with E-state index in [-0.39, 0.29) is 17.7 Å². The van der Waals surface area contributed by atoms with Crippen LogP contribution in [0.1, 0.15) is 17.3 Å². The van der Waals surface area contributed by atoms with Gasteiger partial charge >= 0.3 is 0 Å². The van der Waals surface area contributed by atoms with Crippen molar-refractivity contribution in [1.82, 2.24) is 9.88 Å². The molecule has 23 heavy (non-hydrogen) atoms. The highest BCUT2D eigenvalue weighted by atomic mass is 19.1. The fourth-order valence-corrected chi connectivity index (χ4v) is 2.54. The number of benzene rings is 1. The largest absolute Gasteiger partial charge is 0.375 e. The van der Waals surface area contributed by atoms with E-state index in [9.17, 15) is 9.18 Å². The Morgan fingerprint density at radius 1 is 1.35 bits per heavy atom. The van der Waals surface area contributed by atoms with Gasteiger partial charge in [-0.1, -0.05) is 12.1 Å². The second-order valence-corrected chi connectivity index (χ2v) is 5.44. The van der Waals surface area contributed by atoms with E-state index in [2.05, 4.69) is 10.3 Å². The Balaban J connectivity index is 1.86. The van der Waals surface area contributed by atoms with Gasteiger partial charge < -0.3 is 15.0 Å². The second kappa shape index (κ2) is 6.75. The summed E-state index contributed by atoms with van der Waals surface area (Å²) in [7, 11) is 0. The number of carbonyl (C=O) groups is 1. The lowest BCUT2D eigenvalue weighted by molar-refractivity contribution is -0.0123. The average Bonchev–Trinajstić information content (AvgIpc) is 2.57. The molecule has 1 saturated heterocycles. The van der Waals surface area contributed by atoms with E-state index >= 15 is 0 Å². The molecule has 1 fully saturated rings. The van der Waals surface area contributed by atoms with Gasteiger partial charge in [0.1, 0.15) is 11.6 Å². The van der Waals surface area contributed by atoms with Crippen LogP contribution in [0.15, 0.2) is 42.6 Å². The molecule has 1 atom stereocenters. The minimum atomic E-state index is -0.392. The third-order valence-electron chi connectivity index (χ3n) is 3.69. The van der Waals surface area contributed by atoms with Crippen LogP contribution in [0.5, 0.6) is 0 Å². The van der Waals surface area contributed by atoms with Crippen LogP contribution < -0.4 is 5.32 Å². The third-order valence-corrected chi connectivity index (χ3v) is 3.69. The number of nitrogens with one attached hydrogen (secondary N) is 1. The highest BCUT2D eigenvalue weighted by molar-refractivity contribution is 5.99. The second-order valence-electron chi connectivity index (χ2n) is 5.44. The van der Waals surface area contributed by atoms with E-state index in [0.717, 1.165) is 0 Å². The Kier molecular flexibility index (Phi) is 4.52. The quantitative estimate of drug-likeness (QED) is 0.946. The van der Waals surface area contributed by atoms with Gasteiger partial charge in [0.25, 0.3) is 5.91 Å². The van der Waals surface area contributed by atoms with Crippen molar-refractivity contribution in [1.29, 1.82) is 0 Å². The number of anilines is 2. The molecule has 0 spiro atoms. The van der Waals surface area contributed by atoms with Gasteiger partial charge in [0.15, 0.2) is 0 Å². The van der Waals surface area contributed by atoms with Crippen LogP contribution in [0.3, 0.4) is 0 Å². The number of pyridine rings is 1. The molecule has 3 rings (SSSR count). The van der Waals surface area contributed by atoms with Crippen LogP contribution in [-0.2, 0) is 4.74 Å². The first kappa shape index (κ1) is 15.4. The Morgan fingerprint density at radius 2 is 2.17 bits per heavy atom. The first-order valence-corrected chi connectivity index (χ1v) is 7.52. The van der Waals surface area contributed by atoms with Crippen molar-refractivity contribution in [3.8, 4) is 0 Å². The summed E-state index contributed by atoms with van der Waals surface area (Å²) in [6.45, 7) is 3.52. The predicted octanol–water partition coefficient (Wildman–Crippen LogP) is 2.83. The van der Waals surface area contributed by atoms with Gasteiger partial charge in [0.05, 0.1) is 24.0 Å². The van der Waals surface area contributed by atoms with Crippen LogP contribution >= 0.6 is 0 Å². The van der Waals surface area contributed by atoms with Gasteiger partial charge in [-0.3, -0.25) is 4.79 Å². The molecule has 0 radical (unpaired) electrons. The molecular weight excluding hydrogens is 297 g/mol. The van der Waals surface area contributed by atoms with E-state index in [1.54, 1.807) is 41.4 Å². The molecule has 1 amide bonds. The smallest absolute Gasteiger partial charge is 0.257 e. The Hall–Kier alpha value is -2.47. The van der Waals surface area contributed by atoms with Crippen molar-refractivity contribution in [2.45, 2.75) is 13.0 Å². The predicted molar refractivity (Wildman–Crippen MR) is 85.2 cm³/mol. The number of halogens is 1. The maximum atomic E-state index is 13.8. The van der Waals surface area contributed by atoms with Crippen LogP contribution in [0.25, 0.3) is 0 Å². The van der Waals surface area contributed by atoms with Crippen LogP contribution in [0.2, 0.25) is 0 Å². The highest BCUT2D eigenvalue weighted by Crippen LogP contribution is 2.22. The van der Waals surface area contributed by atoms with E-state index in [1.165, 1.54) is 6.07 Å². The Morgan fingerprint density at radius 3 is 2.96 bits per heavy atom. The molecule has 1 N–H and O–H groups in total. The zero-order chi connectivity index (χ0) is 16.2. The van der Waals surface area contributed by atoms with Crippen LogP contribution in [0, 0.1) is 5.82 Å². The van der Waals surface area contributed by atoms with Crippen LogP contribution in [-0.4, -0.2) is 41.6 Å². The lowest BCUT2D eigenvalue weighted by Crippen LogP contribution is -2.44. The summed E-state index contributed by atoms with van der Waals surface area (Å²) in [5, 5.41) is 2.91. The average molecular weight is 315 g/mol. The number of carbonyl (C=O) groups excluding carboxylic acids is 1. The van der Waals surface area contributed by atoms with Crippen molar-refractivity contribution in [3.05, 3.63) is 54.0 Å². The summed E-state index contributed by atoms with van der Waals surface area (Å²) >= 11 is 0. The minimum absolute atomic E-state index is 0.00680. The fraction of sp³-hybridized carbons (Fsp3) is 0.294. The monoisotopic (exact) mass is 315 g/mol. The first-order chi connectivity index (χ1) is 11.1. The number of hydrogen-bond donors (Lipinski definition) is 1. The van der Waals surface area contributed by atoms with Crippen molar-refractivity contribution in [2.24, 2.45) is 0 Å². The minimum Gasteiger partial charge on any atom is -0.375 e. The van der Waals surface area contributed by atoms with E-state index < -0.39 is 5.82 Å². The number of hydrogen-bond acceptors (Lipinski definition) is 4. The molecule has 0 aliphatic carbocycles. The molecule has 120 valence electrons. The molecule has 2 heterocycles. The number of nitrogens with zero attached hydrogens (tertiary/aromatic N) is 2. The Labute approximate surface area is 134 Å². The van der Waals surface area contributed by atoms with Gasteiger partial charge in [0, 0.05) is 19.3 Å². The van der Waals surface area contributed by atoms with E-state index in [1.807, 2.05) is 6.92 Å². The summed E-state index contributed by atoms with van der Waals surface area (Å²) < 4.78 is 19.3. The zero-order valence-electron chi connectivity index (χ0n) is 12.8.